The molecule has 2 N–H and O–H groups in total. The molecular formula is C13H28O2. The van der Waals surface area contributed by atoms with Crippen LogP contribution in [0.15, 0.2) is 0 Å². The molecule has 0 bridgehead atoms. The summed E-state index contributed by atoms with van der Waals surface area (Å²) < 4.78 is 0. The second-order valence-electron chi connectivity index (χ2n) is 4.58. The van der Waals surface area contributed by atoms with Crippen molar-refractivity contribution in [3.8, 4) is 0 Å². The second-order valence-corrected chi connectivity index (χ2v) is 4.58. The lowest BCUT2D eigenvalue weighted by molar-refractivity contribution is -0.000968. The summed E-state index contributed by atoms with van der Waals surface area (Å²) >= 11 is 0. The van der Waals surface area contributed by atoms with Crippen LogP contribution in [-0.2, 0) is 0 Å². The molecule has 2 nitrogen and oxygen atoms in total. The van der Waals surface area contributed by atoms with E-state index in [9.17, 15) is 10.2 Å². The van der Waals surface area contributed by atoms with Gasteiger partial charge >= 0.3 is 0 Å². The van der Waals surface area contributed by atoms with Crippen molar-refractivity contribution < 1.29 is 10.2 Å². The zero-order chi connectivity index (χ0) is 11.7. The molecule has 0 aromatic carbocycles. The van der Waals surface area contributed by atoms with E-state index in [0.717, 1.165) is 19.3 Å². The topological polar surface area (TPSA) is 40.5 Å². The third-order valence-electron chi connectivity index (χ3n) is 3.15. The Labute approximate surface area is 94.7 Å². The molecule has 0 aliphatic rings. The summed E-state index contributed by atoms with van der Waals surface area (Å²) in [5.41, 5.74) is 0. The van der Waals surface area contributed by atoms with Crippen LogP contribution in [0.25, 0.3) is 0 Å². The molecule has 0 heterocycles. The highest BCUT2D eigenvalue weighted by molar-refractivity contribution is 4.71. The molecule has 0 fully saturated rings. The van der Waals surface area contributed by atoms with Gasteiger partial charge in [-0.05, 0) is 18.8 Å². The number of aliphatic hydroxyl groups excluding tert-OH is 2. The second kappa shape index (κ2) is 9.17. The van der Waals surface area contributed by atoms with E-state index < -0.39 is 12.2 Å². The maximum absolute atomic E-state index is 9.80. The molecule has 0 aliphatic heterocycles. The first kappa shape index (κ1) is 14.9. The third kappa shape index (κ3) is 6.91. The first-order valence-electron chi connectivity index (χ1n) is 6.51. The van der Waals surface area contributed by atoms with E-state index in [1.165, 1.54) is 19.3 Å². The van der Waals surface area contributed by atoms with Crippen molar-refractivity contribution in [3.63, 3.8) is 0 Å². The lowest BCUT2D eigenvalue weighted by Gasteiger charge is -2.22. The quantitative estimate of drug-likeness (QED) is 0.621. The molecule has 92 valence electrons. The Morgan fingerprint density at radius 1 is 0.867 bits per heavy atom. The first-order chi connectivity index (χ1) is 7.15. The average Bonchev–Trinajstić information content (AvgIpc) is 2.24. The van der Waals surface area contributed by atoms with Gasteiger partial charge in [0.1, 0.15) is 0 Å². The lowest BCUT2D eigenvalue weighted by atomic mass is 9.90. The van der Waals surface area contributed by atoms with Crippen LogP contribution >= 0.6 is 0 Å². The maximum atomic E-state index is 9.80. The van der Waals surface area contributed by atoms with Crippen LogP contribution in [0.2, 0.25) is 0 Å². The third-order valence-corrected chi connectivity index (χ3v) is 3.15. The van der Waals surface area contributed by atoms with Crippen molar-refractivity contribution in [3.05, 3.63) is 0 Å². The van der Waals surface area contributed by atoms with Gasteiger partial charge in [-0.2, -0.15) is 0 Å². The van der Waals surface area contributed by atoms with E-state index in [1.54, 1.807) is 0 Å². The maximum Gasteiger partial charge on any atom is 0.0801 e. The Balaban J connectivity index is 3.83. The van der Waals surface area contributed by atoms with E-state index in [1.807, 2.05) is 6.92 Å². The van der Waals surface area contributed by atoms with Crippen LogP contribution in [0.3, 0.4) is 0 Å². The summed E-state index contributed by atoms with van der Waals surface area (Å²) in [5, 5.41) is 19.4. The van der Waals surface area contributed by atoms with Crippen molar-refractivity contribution in [2.75, 3.05) is 0 Å². The zero-order valence-electron chi connectivity index (χ0n) is 10.6. The van der Waals surface area contributed by atoms with Gasteiger partial charge in [-0.3, -0.25) is 0 Å². The molecule has 15 heavy (non-hydrogen) atoms. The minimum absolute atomic E-state index is 0.522. The summed E-state index contributed by atoms with van der Waals surface area (Å²) in [6.07, 6.45) is 6.10. The normalized spacial score (nSPS) is 17.4. The molecule has 0 aromatic rings. The Hall–Kier alpha value is -0.0800. The van der Waals surface area contributed by atoms with Crippen LogP contribution in [0.1, 0.15) is 65.7 Å². The van der Waals surface area contributed by atoms with Gasteiger partial charge in [0.2, 0.25) is 0 Å². The molecule has 2 heteroatoms. The van der Waals surface area contributed by atoms with Gasteiger partial charge in [0.25, 0.3) is 0 Å². The fraction of sp³-hybridized carbons (Fsp3) is 1.00. The predicted octanol–water partition coefficient (Wildman–Crippen LogP) is 3.11. The molecule has 0 saturated heterocycles. The van der Waals surface area contributed by atoms with E-state index in [4.69, 9.17) is 0 Å². The Morgan fingerprint density at radius 3 is 2.00 bits per heavy atom. The van der Waals surface area contributed by atoms with Crippen LogP contribution in [0, 0.1) is 5.92 Å². The summed E-state index contributed by atoms with van der Waals surface area (Å²) in [6, 6.07) is 0. The van der Waals surface area contributed by atoms with Crippen molar-refractivity contribution in [2.24, 2.45) is 5.92 Å². The van der Waals surface area contributed by atoms with E-state index in [-0.39, 0.29) is 0 Å². The minimum atomic E-state index is -0.523. The fourth-order valence-corrected chi connectivity index (χ4v) is 1.97. The molecule has 0 aromatic heterocycles. The largest absolute Gasteiger partial charge is 0.390 e. The lowest BCUT2D eigenvalue weighted by Crippen LogP contribution is -2.28. The summed E-state index contributed by atoms with van der Waals surface area (Å²) in [4.78, 5) is 0. The van der Waals surface area contributed by atoms with E-state index >= 15 is 0 Å². The van der Waals surface area contributed by atoms with Gasteiger partial charge in [-0.25, -0.2) is 0 Å². The Bertz CT molecular complexity index is 136. The zero-order valence-corrected chi connectivity index (χ0v) is 10.6. The van der Waals surface area contributed by atoms with Gasteiger partial charge in [0, 0.05) is 0 Å². The van der Waals surface area contributed by atoms with Crippen molar-refractivity contribution in [2.45, 2.75) is 77.9 Å². The van der Waals surface area contributed by atoms with Crippen LogP contribution in [0.4, 0.5) is 0 Å². The monoisotopic (exact) mass is 216 g/mol. The fourth-order valence-electron chi connectivity index (χ4n) is 1.97. The number of aliphatic hydroxyl groups is 2. The highest BCUT2D eigenvalue weighted by Gasteiger charge is 2.19. The van der Waals surface area contributed by atoms with Gasteiger partial charge in [0.05, 0.1) is 12.2 Å². The Morgan fingerprint density at radius 2 is 1.53 bits per heavy atom. The average molecular weight is 216 g/mol. The molecule has 0 rings (SSSR count). The summed E-state index contributed by atoms with van der Waals surface area (Å²) in [6.45, 7) is 6.39. The minimum Gasteiger partial charge on any atom is -0.390 e. The van der Waals surface area contributed by atoms with Crippen LogP contribution in [-0.4, -0.2) is 22.4 Å². The van der Waals surface area contributed by atoms with Gasteiger partial charge in [-0.1, -0.05) is 52.9 Å². The van der Waals surface area contributed by atoms with Crippen LogP contribution in [0.5, 0.6) is 0 Å². The molecule has 3 unspecified atom stereocenters. The van der Waals surface area contributed by atoms with E-state index in [0.29, 0.717) is 12.3 Å². The number of rotatable bonds is 9. The predicted molar refractivity (Wildman–Crippen MR) is 64.8 cm³/mol. The first-order valence-corrected chi connectivity index (χ1v) is 6.51. The smallest absolute Gasteiger partial charge is 0.0801 e. The highest BCUT2D eigenvalue weighted by atomic mass is 16.3. The molecular weight excluding hydrogens is 188 g/mol. The van der Waals surface area contributed by atoms with Gasteiger partial charge in [0.15, 0.2) is 0 Å². The van der Waals surface area contributed by atoms with Crippen molar-refractivity contribution in [1.82, 2.24) is 0 Å². The van der Waals surface area contributed by atoms with Crippen molar-refractivity contribution >= 4 is 0 Å². The molecule has 0 saturated carbocycles. The molecule has 3 atom stereocenters. The van der Waals surface area contributed by atoms with E-state index in [2.05, 4.69) is 13.8 Å². The number of hydrogen-bond acceptors (Lipinski definition) is 2. The molecule has 0 radical (unpaired) electrons. The summed E-state index contributed by atoms with van der Waals surface area (Å²) in [5.74, 6) is 0.575. The molecule has 0 aliphatic carbocycles. The summed E-state index contributed by atoms with van der Waals surface area (Å²) in [7, 11) is 0. The molecule has 0 amide bonds. The number of unbranched alkanes of at least 4 members (excludes halogenated alkanes) is 1. The highest BCUT2D eigenvalue weighted by Crippen LogP contribution is 2.20. The van der Waals surface area contributed by atoms with Gasteiger partial charge < -0.3 is 10.2 Å². The standard InChI is InChI=1S/C13H28O2/c1-4-7-9-11(6-3)10-13(15)12(14)8-5-2/h11-15H,4-10H2,1-3H3. The Kier molecular flexibility index (Phi) is 9.12. The number of hydrogen-bond donors (Lipinski definition) is 2. The van der Waals surface area contributed by atoms with Crippen molar-refractivity contribution in [1.29, 1.82) is 0 Å². The van der Waals surface area contributed by atoms with Crippen LogP contribution < -0.4 is 0 Å². The van der Waals surface area contributed by atoms with Gasteiger partial charge in [-0.15, -0.1) is 0 Å². The molecule has 0 spiro atoms. The SMILES string of the molecule is CCCCC(CC)CC(O)C(O)CCC.